The Morgan fingerprint density at radius 1 is 0.949 bits per heavy atom. The van der Waals surface area contributed by atoms with Crippen LogP contribution in [0.25, 0.3) is 0 Å². The van der Waals surface area contributed by atoms with Gasteiger partial charge in [-0.25, -0.2) is 0 Å². The van der Waals surface area contributed by atoms with E-state index in [0.717, 1.165) is 43.4 Å². The number of carbonyl (C=O) groups excluding carboxylic acids is 2. The molecule has 7 nitrogen and oxygen atoms in total. The Labute approximate surface area is 235 Å². The number of hydrogen-bond donors (Lipinski definition) is 3. The molecular weight excluding hydrogens is 494 g/mol. The lowest BCUT2D eigenvalue weighted by Crippen LogP contribution is -2.54. The zero-order valence-electron chi connectivity index (χ0n) is 25.0. The Hall–Kier alpha value is -1.63. The SMILES string of the molecule is C[C@H](CCC(=O)O)[C@H]1CC[C@H]2[C@@H]3CC[C@@H]4C[C@@H](OC(=O)CCC(=O)NC(C)(C)CO)CC[C@]4(C)[C@H]3CC[C@]12C. The molecule has 4 saturated carbocycles. The predicted octanol–water partition coefficient (Wildman–Crippen LogP) is 5.73. The van der Waals surface area contributed by atoms with E-state index in [2.05, 4.69) is 26.1 Å². The lowest BCUT2D eigenvalue weighted by Gasteiger charge is -2.61. The molecule has 0 aliphatic heterocycles. The van der Waals surface area contributed by atoms with Gasteiger partial charge in [-0.15, -0.1) is 0 Å². The summed E-state index contributed by atoms with van der Waals surface area (Å²) in [5.74, 6) is 2.73. The minimum Gasteiger partial charge on any atom is -0.481 e. The van der Waals surface area contributed by atoms with Crippen molar-refractivity contribution in [2.75, 3.05) is 6.61 Å². The summed E-state index contributed by atoms with van der Waals surface area (Å²) in [6.45, 7) is 10.7. The molecule has 222 valence electrons. The molecule has 4 aliphatic carbocycles. The smallest absolute Gasteiger partial charge is 0.306 e. The first-order chi connectivity index (χ1) is 18.3. The molecule has 0 bridgehead atoms. The van der Waals surface area contributed by atoms with E-state index < -0.39 is 11.5 Å². The standard InChI is InChI=1S/C32H53NO6/c1-20(6-12-28(36)37)24-9-10-25-23-8-7-21-18-22(14-16-31(21,4)26(23)15-17-32(24,25)5)39-29(38)13-11-27(35)33-30(2,3)19-34/h20-26,34H,6-19H2,1-5H3,(H,33,35)(H,36,37)/t20-,21-,22+,23+,24-,25+,26+,31+,32-/m1/s1. The summed E-state index contributed by atoms with van der Waals surface area (Å²) in [5.41, 5.74) is -0.0498. The second kappa shape index (κ2) is 11.7. The van der Waals surface area contributed by atoms with Gasteiger partial charge >= 0.3 is 11.9 Å². The van der Waals surface area contributed by atoms with Crippen LogP contribution < -0.4 is 5.32 Å². The van der Waals surface area contributed by atoms with Crippen LogP contribution in [0.1, 0.15) is 118 Å². The Kier molecular flexibility index (Phi) is 9.10. The fraction of sp³-hybridized carbons (Fsp3) is 0.906. The number of carboxylic acids is 1. The van der Waals surface area contributed by atoms with Crippen molar-refractivity contribution >= 4 is 17.8 Å². The van der Waals surface area contributed by atoms with Gasteiger partial charge in [0.15, 0.2) is 0 Å². The molecule has 0 radical (unpaired) electrons. The molecule has 0 heterocycles. The van der Waals surface area contributed by atoms with Crippen LogP contribution in [0.2, 0.25) is 0 Å². The molecule has 0 aromatic heterocycles. The van der Waals surface area contributed by atoms with Gasteiger partial charge in [-0.3, -0.25) is 14.4 Å². The number of nitrogens with one attached hydrogen (secondary N) is 1. The van der Waals surface area contributed by atoms with Gasteiger partial charge in [-0.1, -0.05) is 20.8 Å². The summed E-state index contributed by atoms with van der Waals surface area (Å²) in [6.07, 6.45) is 11.7. The summed E-state index contributed by atoms with van der Waals surface area (Å²) in [4.78, 5) is 35.9. The molecule has 7 heteroatoms. The first-order valence-electron chi connectivity index (χ1n) is 15.6. The number of hydrogen-bond acceptors (Lipinski definition) is 5. The highest BCUT2D eigenvalue weighted by molar-refractivity contribution is 5.81. The zero-order valence-corrected chi connectivity index (χ0v) is 25.0. The summed E-state index contributed by atoms with van der Waals surface area (Å²) >= 11 is 0. The number of rotatable bonds is 10. The number of aliphatic carboxylic acids is 1. The zero-order chi connectivity index (χ0) is 28.6. The number of aliphatic hydroxyl groups is 1. The van der Waals surface area contributed by atoms with E-state index in [-0.39, 0.29) is 43.8 Å². The molecule has 4 aliphatic rings. The molecule has 39 heavy (non-hydrogen) atoms. The van der Waals surface area contributed by atoms with Crippen LogP contribution in [0.15, 0.2) is 0 Å². The maximum atomic E-state index is 12.6. The van der Waals surface area contributed by atoms with Crippen LogP contribution in [-0.4, -0.2) is 46.3 Å². The van der Waals surface area contributed by atoms with Crippen molar-refractivity contribution in [2.24, 2.45) is 46.3 Å². The maximum absolute atomic E-state index is 12.6. The van der Waals surface area contributed by atoms with Gasteiger partial charge in [0.2, 0.25) is 5.91 Å². The number of esters is 1. The molecule has 1 amide bonds. The topological polar surface area (TPSA) is 113 Å². The van der Waals surface area contributed by atoms with Crippen molar-refractivity contribution in [1.82, 2.24) is 5.32 Å². The first kappa shape index (κ1) is 30.3. The van der Waals surface area contributed by atoms with Crippen LogP contribution in [0.4, 0.5) is 0 Å². The maximum Gasteiger partial charge on any atom is 0.306 e. The summed E-state index contributed by atoms with van der Waals surface area (Å²) < 4.78 is 5.88. The highest BCUT2D eigenvalue weighted by Crippen LogP contribution is 2.68. The van der Waals surface area contributed by atoms with Crippen LogP contribution in [0.5, 0.6) is 0 Å². The lowest BCUT2D eigenvalue weighted by atomic mass is 9.44. The number of carbonyl (C=O) groups is 3. The second-order valence-electron chi connectivity index (χ2n) is 14.8. The van der Waals surface area contributed by atoms with Gasteiger partial charge in [0, 0.05) is 12.8 Å². The molecule has 4 fully saturated rings. The van der Waals surface area contributed by atoms with Crippen molar-refractivity contribution < 1.29 is 29.3 Å². The number of ether oxygens (including phenoxy) is 1. The molecular formula is C32H53NO6. The minimum absolute atomic E-state index is 0.0520. The third-order valence-corrected chi connectivity index (χ3v) is 11.9. The van der Waals surface area contributed by atoms with Crippen molar-refractivity contribution in [1.29, 1.82) is 0 Å². The highest BCUT2D eigenvalue weighted by atomic mass is 16.5. The number of amides is 1. The Balaban J connectivity index is 1.31. The van der Waals surface area contributed by atoms with Crippen molar-refractivity contribution in [3.63, 3.8) is 0 Å². The number of aliphatic hydroxyl groups excluding tert-OH is 1. The van der Waals surface area contributed by atoms with Gasteiger partial charge in [0.05, 0.1) is 18.6 Å². The summed E-state index contributed by atoms with van der Waals surface area (Å²) in [7, 11) is 0. The van der Waals surface area contributed by atoms with Crippen molar-refractivity contribution in [2.45, 2.75) is 130 Å². The second-order valence-corrected chi connectivity index (χ2v) is 14.8. The van der Waals surface area contributed by atoms with E-state index in [4.69, 9.17) is 4.74 Å². The van der Waals surface area contributed by atoms with E-state index >= 15 is 0 Å². The fourth-order valence-electron chi connectivity index (χ4n) is 9.79. The molecule has 0 spiro atoms. The Morgan fingerprint density at radius 2 is 1.64 bits per heavy atom. The number of carboxylic acid groups (broad SMARTS) is 1. The van der Waals surface area contributed by atoms with Gasteiger partial charge < -0.3 is 20.3 Å². The molecule has 0 aromatic rings. The summed E-state index contributed by atoms with van der Waals surface area (Å²) in [6, 6.07) is 0. The van der Waals surface area contributed by atoms with E-state index in [1.54, 1.807) is 13.8 Å². The van der Waals surface area contributed by atoms with Crippen molar-refractivity contribution in [3.05, 3.63) is 0 Å². The monoisotopic (exact) mass is 547 g/mol. The van der Waals surface area contributed by atoms with Crippen LogP contribution >= 0.6 is 0 Å². The third kappa shape index (κ3) is 6.33. The van der Waals surface area contributed by atoms with Gasteiger partial charge in [-0.2, -0.15) is 0 Å². The average Bonchev–Trinajstić information content (AvgIpc) is 3.23. The van der Waals surface area contributed by atoms with Crippen LogP contribution in [0, 0.1) is 46.3 Å². The molecule has 0 saturated heterocycles. The third-order valence-electron chi connectivity index (χ3n) is 11.9. The van der Waals surface area contributed by atoms with Gasteiger partial charge in [0.25, 0.3) is 0 Å². The van der Waals surface area contributed by atoms with E-state index in [0.29, 0.717) is 28.6 Å². The summed E-state index contributed by atoms with van der Waals surface area (Å²) in [5, 5.41) is 21.3. The number of fused-ring (bicyclic) bond motifs is 5. The molecule has 4 rings (SSSR count). The van der Waals surface area contributed by atoms with E-state index in [9.17, 15) is 24.6 Å². The minimum atomic E-state index is -0.692. The van der Waals surface area contributed by atoms with Crippen LogP contribution in [-0.2, 0) is 19.1 Å². The highest BCUT2D eigenvalue weighted by Gasteiger charge is 2.60. The van der Waals surface area contributed by atoms with E-state index in [1.165, 1.54) is 38.5 Å². The Morgan fingerprint density at radius 3 is 2.33 bits per heavy atom. The predicted molar refractivity (Wildman–Crippen MR) is 150 cm³/mol. The lowest BCUT2D eigenvalue weighted by molar-refractivity contribution is -0.163. The quantitative estimate of drug-likeness (QED) is 0.301. The molecule has 0 aromatic carbocycles. The molecule has 0 unspecified atom stereocenters. The Bertz CT molecular complexity index is 918. The molecule has 9 atom stereocenters. The first-order valence-corrected chi connectivity index (χ1v) is 15.6. The normalized spacial score (nSPS) is 38.6. The largest absolute Gasteiger partial charge is 0.481 e. The average molecular weight is 548 g/mol. The van der Waals surface area contributed by atoms with Crippen molar-refractivity contribution in [3.8, 4) is 0 Å². The fourth-order valence-corrected chi connectivity index (χ4v) is 9.79. The molecule has 3 N–H and O–H groups in total. The van der Waals surface area contributed by atoms with E-state index in [1.807, 2.05) is 0 Å². The van der Waals surface area contributed by atoms with Gasteiger partial charge in [0.1, 0.15) is 6.10 Å². The van der Waals surface area contributed by atoms with Crippen LogP contribution in [0.3, 0.4) is 0 Å². The van der Waals surface area contributed by atoms with Gasteiger partial charge in [-0.05, 0) is 124 Å².